The van der Waals surface area contributed by atoms with Crippen LogP contribution in [-0.2, 0) is 25.5 Å². The van der Waals surface area contributed by atoms with E-state index in [1.807, 2.05) is 58.7 Å². The van der Waals surface area contributed by atoms with Crippen LogP contribution in [0.3, 0.4) is 0 Å². The van der Waals surface area contributed by atoms with Gasteiger partial charge in [-0.05, 0) is 46.2 Å². The largest absolute Gasteiger partial charge is 0.481 e. The lowest BCUT2D eigenvalue weighted by Crippen LogP contribution is -2.15. The molecule has 0 fully saturated rings. The van der Waals surface area contributed by atoms with E-state index in [4.69, 9.17) is 23.8 Å². The molecule has 0 saturated carbocycles. The Morgan fingerprint density at radius 2 is 1.55 bits per heavy atom. The number of carboxylic acid groups (broad SMARTS) is 1. The lowest BCUT2D eigenvalue weighted by Gasteiger charge is -2.14. The second-order valence-corrected chi connectivity index (χ2v) is 10.1. The van der Waals surface area contributed by atoms with Crippen molar-refractivity contribution in [3.63, 3.8) is 0 Å². The van der Waals surface area contributed by atoms with Gasteiger partial charge in [0.15, 0.2) is 5.58 Å². The van der Waals surface area contributed by atoms with Gasteiger partial charge in [-0.1, -0.05) is 64.5 Å². The fourth-order valence-corrected chi connectivity index (χ4v) is 3.34. The van der Waals surface area contributed by atoms with Gasteiger partial charge in [0.25, 0.3) is 0 Å². The van der Waals surface area contributed by atoms with Crippen molar-refractivity contribution in [3.05, 3.63) is 35.8 Å². The van der Waals surface area contributed by atoms with E-state index in [1.165, 1.54) is 38.5 Å². The molecule has 228 valence electrons. The van der Waals surface area contributed by atoms with Gasteiger partial charge in [-0.15, -0.1) is 0 Å². The van der Waals surface area contributed by atoms with Crippen LogP contribution in [0.5, 0.6) is 0 Å². The molecule has 2 heterocycles. The highest BCUT2D eigenvalue weighted by Crippen LogP contribution is 2.28. The van der Waals surface area contributed by atoms with Crippen molar-refractivity contribution in [2.75, 3.05) is 20.3 Å². The molecule has 4 N–H and O–H groups in total. The van der Waals surface area contributed by atoms with Gasteiger partial charge in [-0.25, -0.2) is 9.97 Å². The number of fused-ring (bicyclic) bond motifs is 3. The Bertz CT molecular complexity index is 1060. The number of hydrogen-bond donors (Lipinski definition) is 2. The van der Waals surface area contributed by atoms with Crippen LogP contribution < -0.4 is 6.15 Å². The van der Waals surface area contributed by atoms with Crippen molar-refractivity contribution in [1.29, 1.82) is 0 Å². The minimum Gasteiger partial charge on any atom is -0.481 e. The Morgan fingerprint density at radius 1 is 0.975 bits per heavy atom. The number of carbonyl (C=O) groups is 2. The quantitative estimate of drug-likeness (QED) is 0.210. The summed E-state index contributed by atoms with van der Waals surface area (Å²) in [7, 11) is 1.71. The molecule has 9 heteroatoms. The average molecular weight is 564 g/mol. The van der Waals surface area contributed by atoms with Crippen LogP contribution in [0, 0.1) is 6.92 Å². The van der Waals surface area contributed by atoms with E-state index in [0.29, 0.717) is 31.9 Å². The molecule has 1 aromatic carbocycles. The van der Waals surface area contributed by atoms with Crippen LogP contribution >= 0.6 is 0 Å². The average Bonchev–Trinajstić information content (AvgIpc) is 3.29. The Kier molecular flexibility index (Phi) is 22.5. The summed E-state index contributed by atoms with van der Waals surface area (Å²) < 4.78 is 16.2. The molecule has 0 unspecified atom stereocenters. The molecule has 0 saturated heterocycles. The lowest BCUT2D eigenvalue weighted by molar-refractivity contribution is -0.137. The maximum Gasteiger partial charge on any atom is 0.303 e. The molecule has 0 aliphatic rings. The fourth-order valence-electron chi connectivity index (χ4n) is 3.34. The Hall–Kier alpha value is -2.88. The smallest absolute Gasteiger partial charge is 0.303 e. The van der Waals surface area contributed by atoms with Crippen molar-refractivity contribution in [2.24, 2.45) is 0 Å². The van der Waals surface area contributed by atoms with E-state index in [9.17, 15) is 4.79 Å². The monoisotopic (exact) mass is 563 g/mol. The Morgan fingerprint density at radius 3 is 2.08 bits per heavy atom. The minimum absolute atomic E-state index is 0. The van der Waals surface area contributed by atoms with Crippen molar-refractivity contribution in [2.45, 2.75) is 105 Å². The molecular formula is C31H53N3O6. The van der Waals surface area contributed by atoms with Crippen LogP contribution in [0.1, 0.15) is 97.5 Å². The molecule has 0 radical (unpaired) electrons. The third-order valence-corrected chi connectivity index (χ3v) is 5.65. The number of nitrogens with zero attached hydrogens (tertiary/aromatic N) is 2. The fraction of sp³-hybridized carbons (Fsp3) is 0.613. The van der Waals surface area contributed by atoms with Gasteiger partial charge >= 0.3 is 5.97 Å². The zero-order valence-corrected chi connectivity index (χ0v) is 25.9. The Labute approximate surface area is 240 Å². The standard InChI is InChI=1S/C17H18N2O4.C8H18.C5H12O.CH2O.H3N/c1-11-17-16(12-5-2-3-6-13(12)23-17)19-14(18-11)8-10-22-9-4-7-15(20)21;1-3-5-7-8-6-4-2;1-5(2,3)6-4;1-2;/h2-3,5-6H,4,7-10H2,1H3,(H,20,21);3-8H2,1-2H3;1-4H3;1H2;1H3. The summed E-state index contributed by atoms with van der Waals surface area (Å²) in [6, 6.07) is 7.79. The molecule has 0 bridgehead atoms. The molecule has 2 aromatic heterocycles. The van der Waals surface area contributed by atoms with Crippen molar-refractivity contribution in [1.82, 2.24) is 16.1 Å². The third kappa shape index (κ3) is 16.9. The van der Waals surface area contributed by atoms with Crippen LogP contribution in [0.15, 0.2) is 28.7 Å². The summed E-state index contributed by atoms with van der Waals surface area (Å²) in [4.78, 5) is 27.5. The molecule has 40 heavy (non-hydrogen) atoms. The van der Waals surface area contributed by atoms with Gasteiger partial charge in [-0.2, -0.15) is 0 Å². The number of hydrogen-bond acceptors (Lipinski definition) is 8. The number of para-hydroxylation sites is 1. The summed E-state index contributed by atoms with van der Waals surface area (Å²) >= 11 is 0. The number of ether oxygens (including phenoxy) is 2. The molecule has 0 aliphatic carbocycles. The highest BCUT2D eigenvalue weighted by Gasteiger charge is 2.13. The van der Waals surface area contributed by atoms with Crippen LogP contribution in [0.25, 0.3) is 22.1 Å². The van der Waals surface area contributed by atoms with Gasteiger partial charge in [0, 0.05) is 31.9 Å². The number of rotatable bonds is 12. The molecule has 0 spiro atoms. The molecular weight excluding hydrogens is 510 g/mol. The summed E-state index contributed by atoms with van der Waals surface area (Å²) in [6.45, 7) is 15.4. The summed E-state index contributed by atoms with van der Waals surface area (Å²) in [5.74, 6) is -0.0929. The number of furan rings is 1. The second kappa shape index (κ2) is 22.9. The predicted molar refractivity (Wildman–Crippen MR) is 163 cm³/mol. The normalized spacial score (nSPS) is 10.4. The molecule has 0 aliphatic heterocycles. The number of carbonyl (C=O) groups excluding carboxylic acids is 1. The highest BCUT2D eigenvalue weighted by molar-refractivity contribution is 6.02. The van der Waals surface area contributed by atoms with Gasteiger partial charge in [0.05, 0.1) is 17.9 Å². The van der Waals surface area contributed by atoms with Gasteiger partial charge < -0.3 is 29.9 Å². The van der Waals surface area contributed by atoms with E-state index < -0.39 is 5.97 Å². The second-order valence-electron chi connectivity index (χ2n) is 10.1. The first-order valence-corrected chi connectivity index (χ1v) is 13.9. The van der Waals surface area contributed by atoms with Crippen LogP contribution in [0.4, 0.5) is 0 Å². The van der Waals surface area contributed by atoms with E-state index in [-0.39, 0.29) is 18.2 Å². The Balaban J connectivity index is 0. The zero-order chi connectivity index (χ0) is 29.7. The third-order valence-electron chi connectivity index (χ3n) is 5.65. The van der Waals surface area contributed by atoms with E-state index in [0.717, 1.165) is 27.8 Å². The summed E-state index contributed by atoms with van der Waals surface area (Å²) in [6.07, 6.45) is 9.72. The first-order chi connectivity index (χ1) is 18.6. The molecule has 3 aromatic rings. The maximum atomic E-state index is 10.4. The first-order valence-electron chi connectivity index (χ1n) is 13.9. The number of carboxylic acids is 1. The number of aryl methyl sites for hydroxylation is 1. The summed E-state index contributed by atoms with van der Waals surface area (Å²) in [5, 5.41) is 9.54. The number of aliphatic carboxylic acids is 1. The molecule has 0 amide bonds. The number of aromatic nitrogens is 2. The van der Waals surface area contributed by atoms with Crippen molar-refractivity contribution in [3.8, 4) is 0 Å². The maximum absolute atomic E-state index is 10.4. The minimum atomic E-state index is -0.801. The van der Waals surface area contributed by atoms with Crippen molar-refractivity contribution < 1.29 is 28.6 Å². The zero-order valence-electron chi connectivity index (χ0n) is 25.9. The van der Waals surface area contributed by atoms with Gasteiger partial charge in [-0.3, -0.25) is 4.79 Å². The van der Waals surface area contributed by atoms with Gasteiger partial charge in [0.1, 0.15) is 23.7 Å². The van der Waals surface area contributed by atoms with Gasteiger partial charge in [0.2, 0.25) is 0 Å². The molecule has 0 atom stereocenters. The van der Waals surface area contributed by atoms with E-state index in [2.05, 4.69) is 23.8 Å². The number of unbranched alkanes of at least 4 members (excludes halogenated alkanes) is 5. The topological polar surface area (TPSA) is 147 Å². The molecule has 9 nitrogen and oxygen atoms in total. The summed E-state index contributed by atoms with van der Waals surface area (Å²) in [5.41, 5.74) is 3.21. The number of benzene rings is 1. The first kappa shape index (κ1) is 39.3. The van der Waals surface area contributed by atoms with E-state index >= 15 is 0 Å². The van der Waals surface area contributed by atoms with E-state index in [1.54, 1.807) is 7.11 Å². The SMILES string of the molecule is C=O.CCCCCCCC.COC(C)(C)C.Cc1nc(CCOCCCC(=O)O)nc2c1oc1ccccc12.N. The van der Waals surface area contributed by atoms with Crippen LogP contribution in [0.2, 0.25) is 0 Å². The molecule has 3 rings (SSSR count). The highest BCUT2D eigenvalue weighted by atomic mass is 16.5. The predicted octanol–water partition coefficient (Wildman–Crippen LogP) is 7.88. The number of methoxy groups -OCH3 is 1. The van der Waals surface area contributed by atoms with Crippen molar-refractivity contribution >= 4 is 34.8 Å². The van der Waals surface area contributed by atoms with Crippen LogP contribution in [-0.4, -0.2) is 53.8 Å². The lowest BCUT2D eigenvalue weighted by atomic mass is 10.1.